The van der Waals surface area contributed by atoms with E-state index in [1.807, 2.05) is 24.3 Å². The first-order valence-electron chi connectivity index (χ1n) is 8.85. The smallest absolute Gasteiger partial charge is 0.475 e. The summed E-state index contributed by atoms with van der Waals surface area (Å²) in [5, 5.41) is 14.4. The Morgan fingerprint density at radius 2 is 1.68 bits per heavy atom. The third-order valence-corrected chi connectivity index (χ3v) is 4.85. The van der Waals surface area contributed by atoms with E-state index in [-0.39, 0.29) is 11.4 Å². The third kappa shape index (κ3) is 5.72. The lowest BCUT2D eigenvalue weighted by Crippen LogP contribution is -2.45. The van der Waals surface area contributed by atoms with Gasteiger partial charge in [-0.3, -0.25) is 4.79 Å². The van der Waals surface area contributed by atoms with Crippen LogP contribution in [0.1, 0.15) is 39.2 Å². The first kappa shape index (κ1) is 24.0. The number of nitrogens with one attached hydrogen (secondary N) is 2. The maximum atomic E-state index is 12.5. The van der Waals surface area contributed by atoms with Gasteiger partial charge in [-0.05, 0) is 42.7 Å². The summed E-state index contributed by atoms with van der Waals surface area (Å²) in [5.74, 6) is -2.73. The number of amides is 1. The lowest BCUT2D eigenvalue weighted by molar-refractivity contribution is -0.192. The quantitative estimate of drug-likeness (QED) is 0.649. The normalized spacial score (nSPS) is 15.8. The van der Waals surface area contributed by atoms with Crippen molar-refractivity contribution in [3.05, 3.63) is 40.4 Å². The first-order valence-corrected chi connectivity index (χ1v) is 9.23. The fourth-order valence-corrected chi connectivity index (χ4v) is 3.14. The molecule has 9 heteroatoms. The predicted octanol–water partition coefficient (Wildman–Crippen LogP) is 4.03. The zero-order valence-electron chi connectivity index (χ0n) is 15.9. The summed E-state index contributed by atoms with van der Waals surface area (Å²) in [6.45, 7) is 7.94. The number of hydrogen-bond donors (Lipinski definition) is 3. The summed E-state index contributed by atoms with van der Waals surface area (Å²) in [6.07, 6.45) is -3.29. The minimum absolute atomic E-state index is 0.0222. The van der Waals surface area contributed by atoms with Crippen LogP contribution in [0, 0.1) is 0 Å². The summed E-state index contributed by atoms with van der Waals surface area (Å²) >= 11 is 5.96. The van der Waals surface area contributed by atoms with Crippen LogP contribution in [-0.4, -0.2) is 41.8 Å². The highest BCUT2D eigenvalue weighted by Crippen LogP contribution is 2.37. The van der Waals surface area contributed by atoms with Gasteiger partial charge in [0.25, 0.3) is 5.91 Å². The van der Waals surface area contributed by atoms with Gasteiger partial charge in [-0.2, -0.15) is 13.2 Å². The van der Waals surface area contributed by atoms with Crippen LogP contribution in [0.5, 0.6) is 0 Å². The van der Waals surface area contributed by atoms with Crippen LogP contribution in [0.25, 0.3) is 5.57 Å². The Balaban J connectivity index is 0.000000480. The van der Waals surface area contributed by atoms with E-state index in [2.05, 4.69) is 31.4 Å². The number of carbonyl (C=O) groups is 2. The highest BCUT2D eigenvalue weighted by Gasteiger charge is 2.42. The van der Waals surface area contributed by atoms with E-state index >= 15 is 0 Å². The molecule has 1 amide bonds. The van der Waals surface area contributed by atoms with E-state index in [1.165, 1.54) is 5.57 Å². The molecule has 0 bridgehead atoms. The molecule has 2 rings (SSSR count). The van der Waals surface area contributed by atoms with Crippen LogP contribution >= 0.6 is 11.6 Å². The van der Waals surface area contributed by atoms with Gasteiger partial charge in [-0.15, -0.1) is 0 Å². The molecular weight excluding hydrogens is 397 g/mol. The van der Waals surface area contributed by atoms with Gasteiger partial charge in [0, 0.05) is 17.1 Å². The second kappa shape index (κ2) is 9.93. The van der Waals surface area contributed by atoms with Gasteiger partial charge in [0.1, 0.15) is 0 Å². The molecule has 1 aliphatic heterocycles. The molecule has 1 aromatic carbocycles. The van der Waals surface area contributed by atoms with Gasteiger partial charge in [0.15, 0.2) is 0 Å². The monoisotopic (exact) mass is 420 g/mol. The first-order chi connectivity index (χ1) is 13.0. The van der Waals surface area contributed by atoms with Gasteiger partial charge >= 0.3 is 12.1 Å². The number of benzene rings is 1. The van der Waals surface area contributed by atoms with Crippen molar-refractivity contribution in [1.82, 2.24) is 10.6 Å². The van der Waals surface area contributed by atoms with E-state index in [4.69, 9.17) is 21.5 Å². The molecule has 0 fully saturated rings. The van der Waals surface area contributed by atoms with E-state index in [0.717, 1.165) is 37.1 Å². The van der Waals surface area contributed by atoms with Crippen molar-refractivity contribution >= 4 is 29.1 Å². The Labute approximate surface area is 167 Å². The van der Waals surface area contributed by atoms with Crippen LogP contribution in [0.3, 0.4) is 0 Å². The number of rotatable bonds is 6. The standard InChI is InChI=1S/C17H23ClN2O.C2HF3O2/c1-4-17(5-2)14(11-19-6-3)15(16(21)20-17)12-7-9-13(18)10-8-12;3-2(4,5)1(6)7/h7-10,19H,4-6,11H2,1-3H3,(H,20,21);(H,6,7). The summed E-state index contributed by atoms with van der Waals surface area (Å²) in [6, 6.07) is 7.51. The highest BCUT2D eigenvalue weighted by atomic mass is 35.5. The molecule has 0 atom stereocenters. The van der Waals surface area contributed by atoms with E-state index in [1.54, 1.807) is 0 Å². The number of likely N-dealkylation sites (N-methyl/N-ethyl adjacent to an activating group) is 1. The van der Waals surface area contributed by atoms with Crippen molar-refractivity contribution in [2.45, 2.75) is 45.3 Å². The number of alkyl halides is 3. The summed E-state index contributed by atoms with van der Waals surface area (Å²) in [5.41, 5.74) is 2.68. The molecule has 156 valence electrons. The Morgan fingerprint density at radius 1 is 1.18 bits per heavy atom. The van der Waals surface area contributed by atoms with Crippen molar-refractivity contribution in [2.75, 3.05) is 13.1 Å². The number of halogens is 4. The van der Waals surface area contributed by atoms with Crippen LogP contribution < -0.4 is 10.6 Å². The number of aliphatic carboxylic acids is 1. The largest absolute Gasteiger partial charge is 0.490 e. The van der Waals surface area contributed by atoms with Crippen LogP contribution in [0.2, 0.25) is 5.02 Å². The van der Waals surface area contributed by atoms with Crippen molar-refractivity contribution in [2.24, 2.45) is 0 Å². The van der Waals surface area contributed by atoms with Crippen LogP contribution in [0.4, 0.5) is 13.2 Å². The van der Waals surface area contributed by atoms with Crippen molar-refractivity contribution in [3.8, 4) is 0 Å². The zero-order valence-corrected chi connectivity index (χ0v) is 16.7. The van der Waals surface area contributed by atoms with Crippen molar-refractivity contribution < 1.29 is 27.9 Å². The Bertz CT molecular complexity index is 727. The molecule has 28 heavy (non-hydrogen) atoms. The lowest BCUT2D eigenvalue weighted by atomic mass is 9.83. The fourth-order valence-electron chi connectivity index (χ4n) is 3.01. The fraction of sp³-hybridized carbons (Fsp3) is 0.474. The molecule has 0 radical (unpaired) electrons. The molecule has 1 heterocycles. The number of carbonyl (C=O) groups excluding carboxylic acids is 1. The minimum atomic E-state index is -5.08. The second-order valence-corrected chi connectivity index (χ2v) is 6.62. The molecule has 0 saturated heterocycles. The minimum Gasteiger partial charge on any atom is -0.475 e. The van der Waals surface area contributed by atoms with Gasteiger partial charge in [-0.1, -0.05) is 44.5 Å². The Hall–Kier alpha value is -2.06. The molecule has 0 unspecified atom stereocenters. The van der Waals surface area contributed by atoms with Crippen LogP contribution in [-0.2, 0) is 9.59 Å². The molecule has 0 spiro atoms. The van der Waals surface area contributed by atoms with Gasteiger partial charge in [0.2, 0.25) is 0 Å². The highest BCUT2D eigenvalue weighted by molar-refractivity contribution is 6.31. The molecule has 0 aliphatic carbocycles. The van der Waals surface area contributed by atoms with Gasteiger partial charge in [-0.25, -0.2) is 4.79 Å². The number of carboxylic acids is 1. The maximum absolute atomic E-state index is 12.5. The van der Waals surface area contributed by atoms with Crippen molar-refractivity contribution in [3.63, 3.8) is 0 Å². The van der Waals surface area contributed by atoms with Crippen molar-refractivity contribution in [1.29, 1.82) is 0 Å². The van der Waals surface area contributed by atoms with E-state index in [9.17, 15) is 18.0 Å². The zero-order chi connectivity index (χ0) is 21.5. The predicted molar refractivity (Wildman–Crippen MR) is 102 cm³/mol. The molecule has 0 aromatic heterocycles. The topological polar surface area (TPSA) is 78.4 Å². The Morgan fingerprint density at radius 3 is 2.07 bits per heavy atom. The molecule has 3 N–H and O–H groups in total. The number of hydrogen-bond acceptors (Lipinski definition) is 3. The third-order valence-electron chi connectivity index (χ3n) is 4.59. The van der Waals surface area contributed by atoms with Crippen LogP contribution in [0.15, 0.2) is 29.8 Å². The molecule has 1 aliphatic rings. The summed E-state index contributed by atoms with van der Waals surface area (Å²) < 4.78 is 31.7. The van der Waals surface area contributed by atoms with Gasteiger partial charge in [0.05, 0.1) is 5.54 Å². The maximum Gasteiger partial charge on any atom is 0.490 e. The average molecular weight is 421 g/mol. The Kier molecular flexibility index (Phi) is 8.50. The SMILES string of the molecule is CCNCC1=C(c2ccc(Cl)cc2)C(=O)NC1(CC)CC.O=C(O)C(F)(F)F. The van der Waals surface area contributed by atoms with E-state index < -0.39 is 12.1 Å². The summed E-state index contributed by atoms with van der Waals surface area (Å²) in [7, 11) is 0. The average Bonchev–Trinajstić information content (AvgIpc) is 2.92. The molecular formula is C19H24ClF3N2O3. The molecule has 0 saturated carbocycles. The lowest BCUT2D eigenvalue weighted by Gasteiger charge is -2.30. The molecule has 5 nitrogen and oxygen atoms in total. The van der Waals surface area contributed by atoms with E-state index in [0.29, 0.717) is 5.02 Å². The number of carboxylic acid groups (broad SMARTS) is 1. The second-order valence-electron chi connectivity index (χ2n) is 6.19. The van der Waals surface area contributed by atoms with Gasteiger partial charge < -0.3 is 15.7 Å². The molecule has 1 aromatic rings. The summed E-state index contributed by atoms with van der Waals surface area (Å²) in [4.78, 5) is 21.4.